The number of hydrogen-bond donors (Lipinski definition) is 1. The van der Waals surface area contributed by atoms with Crippen LogP contribution in [-0.2, 0) is 10.3 Å². The molecule has 0 atom stereocenters. The maximum Gasteiger partial charge on any atom is 0.414 e. The van der Waals surface area contributed by atoms with Gasteiger partial charge in [0.25, 0.3) is 0 Å². The minimum Gasteiger partial charge on any atom is -0.465 e. The van der Waals surface area contributed by atoms with E-state index in [1.807, 2.05) is 11.3 Å². The SMILES string of the molecule is Cc1ccc(C2(N(C)C)CCC3(CC2)CC(=O)N(C(=O)O)C3)s1. The molecule has 0 unspecified atom stereocenters. The molecule has 1 aromatic rings. The third-order valence-electron chi connectivity index (χ3n) is 5.74. The molecule has 126 valence electrons. The van der Waals surface area contributed by atoms with Crippen LogP contribution >= 0.6 is 11.3 Å². The van der Waals surface area contributed by atoms with Crippen LogP contribution in [0.1, 0.15) is 41.9 Å². The molecule has 1 aromatic heterocycles. The molecule has 1 saturated heterocycles. The maximum absolute atomic E-state index is 12.0. The van der Waals surface area contributed by atoms with Gasteiger partial charge in [0.05, 0.1) is 5.54 Å². The molecule has 23 heavy (non-hydrogen) atoms. The summed E-state index contributed by atoms with van der Waals surface area (Å²) in [5.41, 5.74) is -0.134. The Labute approximate surface area is 140 Å². The van der Waals surface area contributed by atoms with Gasteiger partial charge in [0.15, 0.2) is 0 Å². The molecule has 2 fully saturated rings. The molecule has 2 amide bonds. The second-order valence-electron chi connectivity index (χ2n) is 7.28. The van der Waals surface area contributed by atoms with E-state index in [2.05, 4.69) is 38.1 Å². The van der Waals surface area contributed by atoms with Crippen LogP contribution in [0.2, 0.25) is 0 Å². The van der Waals surface area contributed by atoms with Gasteiger partial charge in [0, 0.05) is 22.7 Å². The fourth-order valence-electron chi connectivity index (χ4n) is 4.20. The summed E-state index contributed by atoms with van der Waals surface area (Å²) in [5, 5.41) is 9.17. The molecule has 1 N–H and O–H groups in total. The summed E-state index contributed by atoms with van der Waals surface area (Å²) in [6.45, 7) is 2.50. The number of carboxylic acid groups (broad SMARTS) is 1. The molecule has 1 aliphatic heterocycles. The average molecular weight is 336 g/mol. The van der Waals surface area contributed by atoms with Crippen molar-refractivity contribution < 1.29 is 14.7 Å². The van der Waals surface area contributed by atoms with Crippen molar-refractivity contribution in [2.75, 3.05) is 20.6 Å². The molecule has 2 aliphatic rings. The molecule has 5 nitrogen and oxygen atoms in total. The van der Waals surface area contributed by atoms with Gasteiger partial charge in [-0.3, -0.25) is 9.69 Å². The summed E-state index contributed by atoms with van der Waals surface area (Å²) in [4.78, 5) is 29.2. The van der Waals surface area contributed by atoms with E-state index in [4.69, 9.17) is 5.11 Å². The molecule has 0 radical (unpaired) electrons. The fraction of sp³-hybridized carbons (Fsp3) is 0.647. The summed E-state index contributed by atoms with van der Waals surface area (Å²) < 4.78 is 0. The molecule has 6 heteroatoms. The lowest BCUT2D eigenvalue weighted by Gasteiger charge is -2.48. The lowest BCUT2D eigenvalue weighted by molar-refractivity contribution is -0.126. The van der Waals surface area contributed by atoms with E-state index in [0.717, 1.165) is 30.6 Å². The van der Waals surface area contributed by atoms with Crippen molar-refractivity contribution >= 4 is 23.3 Å². The number of carbonyl (C=O) groups excluding carboxylic acids is 1. The number of aryl methyl sites for hydroxylation is 1. The quantitative estimate of drug-likeness (QED) is 0.900. The lowest BCUT2D eigenvalue weighted by atomic mass is 9.66. The maximum atomic E-state index is 12.0. The Morgan fingerprint density at radius 2 is 1.91 bits per heavy atom. The van der Waals surface area contributed by atoms with Crippen LogP contribution in [0.3, 0.4) is 0 Å². The van der Waals surface area contributed by atoms with E-state index in [1.165, 1.54) is 9.75 Å². The summed E-state index contributed by atoms with van der Waals surface area (Å²) in [7, 11) is 4.24. The molecule has 2 heterocycles. The van der Waals surface area contributed by atoms with Crippen molar-refractivity contribution in [2.24, 2.45) is 5.41 Å². The Balaban J connectivity index is 1.81. The molecule has 1 aliphatic carbocycles. The van der Waals surface area contributed by atoms with Gasteiger partial charge >= 0.3 is 6.09 Å². The van der Waals surface area contributed by atoms with E-state index >= 15 is 0 Å². The van der Waals surface area contributed by atoms with Crippen molar-refractivity contribution in [3.8, 4) is 0 Å². The van der Waals surface area contributed by atoms with Gasteiger partial charge in [-0.05, 0) is 64.3 Å². The minimum absolute atomic E-state index is 0.0177. The van der Waals surface area contributed by atoms with Gasteiger partial charge < -0.3 is 5.11 Å². The summed E-state index contributed by atoms with van der Waals surface area (Å²) >= 11 is 1.85. The van der Waals surface area contributed by atoms with Gasteiger partial charge in [-0.1, -0.05) is 0 Å². The van der Waals surface area contributed by atoms with E-state index in [1.54, 1.807) is 0 Å². The number of rotatable bonds is 2. The van der Waals surface area contributed by atoms with Crippen molar-refractivity contribution in [2.45, 2.75) is 44.6 Å². The highest BCUT2D eigenvalue weighted by Crippen LogP contribution is 2.53. The monoisotopic (exact) mass is 336 g/mol. The predicted molar refractivity (Wildman–Crippen MR) is 89.7 cm³/mol. The summed E-state index contributed by atoms with van der Waals surface area (Å²) in [6.07, 6.45) is 3.02. The van der Waals surface area contributed by atoms with Gasteiger partial charge in [0.2, 0.25) is 5.91 Å². The van der Waals surface area contributed by atoms with Crippen molar-refractivity contribution in [3.63, 3.8) is 0 Å². The molecule has 0 aromatic carbocycles. The molecular formula is C17H24N2O3S. The Kier molecular flexibility index (Phi) is 4.01. The Hall–Kier alpha value is -1.40. The average Bonchev–Trinajstić information content (AvgIpc) is 3.05. The summed E-state index contributed by atoms with van der Waals surface area (Å²) in [6, 6.07) is 4.39. The zero-order chi connectivity index (χ0) is 16.8. The minimum atomic E-state index is -1.11. The van der Waals surface area contributed by atoms with Gasteiger partial charge in [-0.2, -0.15) is 0 Å². The number of carbonyl (C=O) groups is 2. The van der Waals surface area contributed by atoms with Crippen LogP contribution in [0.15, 0.2) is 12.1 Å². The van der Waals surface area contributed by atoms with Crippen LogP contribution in [0.5, 0.6) is 0 Å². The topological polar surface area (TPSA) is 60.9 Å². The largest absolute Gasteiger partial charge is 0.465 e. The molecule has 0 bridgehead atoms. The van der Waals surface area contributed by atoms with Gasteiger partial charge in [0.1, 0.15) is 0 Å². The van der Waals surface area contributed by atoms with E-state index in [9.17, 15) is 9.59 Å². The first-order chi connectivity index (χ1) is 10.8. The number of hydrogen-bond acceptors (Lipinski definition) is 4. The summed E-state index contributed by atoms with van der Waals surface area (Å²) in [5.74, 6) is -0.234. The first-order valence-electron chi connectivity index (χ1n) is 8.06. The normalized spacial score (nSPS) is 31.3. The molecule has 1 saturated carbocycles. The van der Waals surface area contributed by atoms with Gasteiger partial charge in [-0.25, -0.2) is 9.69 Å². The first kappa shape index (κ1) is 16.5. The van der Waals surface area contributed by atoms with Gasteiger partial charge in [-0.15, -0.1) is 11.3 Å². The Morgan fingerprint density at radius 1 is 1.26 bits per heavy atom. The second kappa shape index (κ2) is 5.60. The number of imide groups is 1. The van der Waals surface area contributed by atoms with Crippen molar-refractivity contribution in [1.29, 1.82) is 0 Å². The Morgan fingerprint density at radius 3 is 2.35 bits per heavy atom. The smallest absolute Gasteiger partial charge is 0.414 e. The highest BCUT2D eigenvalue weighted by molar-refractivity contribution is 7.12. The first-order valence-corrected chi connectivity index (χ1v) is 8.87. The van der Waals surface area contributed by atoms with Crippen LogP contribution < -0.4 is 0 Å². The number of thiophene rings is 1. The van der Waals surface area contributed by atoms with Crippen LogP contribution in [0, 0.1) is 12.3 Å². The second-order valence-corrected chi connectivity index (χ2v) is 8.56. The van der Waals surface area contributed by atoms with E-state index < -0.39 is 6.09 Å². The standard InChI is InChI=1S/C17H24N2O3S/c1-12-4-5-13(23-12)17(18(2)3)8-6-16(7-9-17)10-14(20)19(11-16)15(21)22/h4-5H,6-11H2,1-3H3,(H,21,22). The third kappa shape index (κ3) is 2.68. The zero-order valence-electron chi connectivity index (χ0n) is 14.0. The predicted octanol–water partition coefficient (Wildman–Crippen LogP) is 3.28. The molecule has 3 rings (SSSR count). The third-order valence-corrected chi connectivity index (χ3v) is 6.94. The van der Waals surface area contributed by atoms with E-state index in [-0.39, 0.29) is 16.9 Å². The fourth-order valence-corrected chi connectivity index (χ4v) is 5.39. The zero-order valence-corrected chi connectivity index (χ0v) is 14.8. The molecule has 1 spiro atoms. The molecular weight excluding hydrogens is 312 g/mol. The Bertz CT molecular complexity index is 630. The highest BCUT2D eigenvalue weighted by atomic mass is 32.1. The van der Waals surface area contributed by atoms with Crippen LogP contribution in [-0.4, -0.2) is 47.5 Å². The number of amides is 2. The lowest BCUT2D eigenvalue weighted by Crippen LogP contribution is -2.47. The van der Waals surface area contributed by atoms with E-state index in [0.29, 0.717) is 13.0 Å². The van der Waals surface area contributed by atoms with Crippen molar-refractivity contribution in [1.82, 2.24) is 9.80 Å². The van der Waals surface area contributed by atoms with Crippen LogP contribution in [0.25, 0.3) is 0 Å². The van der Waals surface area contributed by atoms with Crippen LogP contribution in [0.4, 0.5) is 4.79 Å². The highest BCUT2D eigenvalue weighted by Gasteiger charge is 2.51. The number of likely N-dealkylation sites (tertiary alicyclic amines) is 1. The number of nitrogens with zero attached hydrogens (tertiary/aromatic N) is 2. The van der Waals surface area contributed by atoms with Crippen molar-refractivity contribution in [3.05, 3.63) is 21.9 Å².